The Kier molecular flexibility index (Phi) is 8.40. The van der Waals surface area contributed by atoms with Crippen molar-refractivity contribution in [3.63, 3.8) is 0 Å². The normalized spacial score (nSPS) is 14.2. The first-order valence-electron chi connectivity index (χ1n) is 27.6. The number of rotatable bonds is 4. The van der Waals surface area contributed by atoms with E-state index in [0.717, 1.165) is 44.6 Å². The van der Waals surface area contributed by atoms with Crippen molar-refractivity contribution in [1.29, 1.82) is 0 Å². The highest BCUT2D eigenvalue weighted by Gasteiger charge is 2.53. The smallest absolute Gasteiger partial charge is 0.135 e. The first-order valence-corrected chi connectivity index (χ1v) is 27.6. The van der Waals surface area contributed by atoms with Crippen LogP contribution in [0.5, 0.6) is 0 Å². The third kappa shape index (κ3) is 5.42. The lowest BCUT2D eigenvalue weighted by Gasteiger charge is -2.40. The summed E-state index contributed by atoms with van der Waals surface area (Å²) in [5.74, 6) is 0. The predicted octanol–water partition coefficient (Wildman–Crippen LogP) is 19.5. The van der Waals surface area contributed by atoms with Gasteiger partial charge in [0.25, 0.3) is 0 Å². The average molecular weight is 1010 g/mol. The molecule has 14 aromatic rings. The van der Waals surface area contributed by atoms with Crippen molar-refractivity contribution in [3.05, 3.63) is 310 Å². The van der Waals surface area contributed by atoms with Gasteiger partial charge in [-0.25, -0.2) is 0 Å². The topological polar surface area (TPSA) is 21.3 Å². The van der Waals surface area contributed by atoms with E-state index in [-0.39, 0.29) is 0 Å². The molecule has 0 fully saturated rings. The van der Waals surface area contributed by atoms with E-state index in [2.05, 4.69) is 272 Å². The summed E-state index contributed by atoms with van der Waals surface area (Å²) in [6, 6.07) is 96.2. The van der Waals surface area contributed by atoms with Gasteiger partial charge in [0.05, 0.1) is 27.6 Å². The molecule has 368 valence electrons. The van der Waals surface area contributed by atoms with Crippen LogP contribution in [-0.4, -0.2) is 4.57 Å². The molecule has 3 nitrogen and oxygen atoms in total. The molecule has 4 aliphatic rings. The SMILES string of the molecule is Cc1ccc2c(c1)c1cc(C)cc3c1n2-c1ccc(-c2ccc(N(c4ccc5c(c4)C4(c6ccccc6-c6ccccc64)c4ccccc4-5)c4ccc5oc6ccccc6c5c4)cc2)cc1C31c2ccccc2-c2ccccc21. The summed E-state index contributed by atoms with van der Waals surface area (Å²) in [6.07, 6.45) is 0. The Morgan fingerprint density at radius 1 is 0.316 bits per heavy atom. The number of fused-ring (bicyclic) bond motifs is 25. The van der Waals surface area contributed by atoms with Gasteiger partial charge < -0.3 is 13.9 Å². The number of aromatic nitrogens is 1. The number of hydrogen-bond donors (Lipinski definition) is 0. The lowest BCUT2D eigenvalue weighted by molar-refractivity contribution is 0.669. The molecule has 3 heteroatoms. The van der Waals surface area contributed by atoms with E-state index < -0.39 is 10.8 Å². The van der Waals surface area contributed by atoms with Gasteiger partial charge in [0, 0.05) is 38.6 Å². The Morgan fingerprint density at radius 3 is 1.47 bits per heavy atom. The van der Waals surface area contributed by atoms with E-state index in [1.807, 2.05) is 6.07 Å². The van der Waals surface area contributed by atoms with Crippen molar-refractivity contribution in [3.8, 4) is 50.2 Å². The molecule has 0 atom stereocenters. The highest BCUT2D eigenvalue weighted by atomic mass is 16.3. The summed E-state index contributed by atoms with van der Waals surface area (Å²) in [4.78, 5) is 2.45. The van der Waals surface area contributed by atoms with Gasteiger partial charge in [-0.3, -0.25) is 0 Å². The highest BCUT2D eigenvalue weighted by Crippen LogP contribution is 2.65. The number of hydrogen-bond acceptors (Lipinski definition) is 2. The number of benzene rings is 12. The van der Waals surface area contributed by atoms with E-state index in [1.54, 1.807) is 0 Å². The Balaban J connectivity index is 0.849. The summed E-state index contributed by atoms with van der Waals surface area (Å²) < 4.78 is 9.01. The first kappa shape index (κ1) is 43.2. The lowest BCUT2D eigenvalue weighted by atomic mass is 9.65. The fourth-order valence-electron chi connectivity index (χ4n) is 15.4. The molecule has 0 unspecified atom stereocenters. The molecule has 0 amide bonds. The number of furan rings is 1. The van der Waals surface area contributed by atoms with Crippen LogP contribution in [0.4, 0.5) is 17.1 Å². The maximum atomic E-state index is 6.45. The van der Waals surface area contributed by atoms with E-state index >= 15 is 0 Å². The predicted molar refractivity (Wildman–Crippen MR) is 325 cm³/mol. The Labute approximate surface area is 457 Å². The van der Waals surface area contributed by atoms with Crippen molar-refractivity contribution in [2.75, 3.05) is 4.90 Å². The largest absolute Gasteiger partial charge is 0.456 e. The molecule has 18 rings (SSSR count). The highest BCUT2D eigenvalue weighted by molar-refractivity contribution is 6.14. The third-order valence-electron chi connectivity index (χ3n) is 18.5. The van der Waals surface area contributed by atoms with Crippen LogP contribution in [0.1, 0.15) is 55.6 Å². The number of aryl methyl sites for hydroxylation is 2. The molecule has 1 aliphatic heterocycles. The molecule has 3 heterocycles. The molecule has 0 saturated heterocycles. The Hall–Kier alpha value is -9.96. The number of para-hydroxylation sites is 1. The zero-order valence-corrected chi connectivity index (χ0v) is 43.6. The first-order chi connectivity index (χ1) is 39.0. The summed E-state index contributed by atoms with van der Waals surface area (Å²) in [5.41, 5.74) is 31.0. The molecule has 0 N–H and O–H groups in total. The summed E-state index contributed by atoms with van der Waals surface area (Å²) in [7, 11) is 0. The van der Waals surface area contributed by atoms with E-state index in [4.69, 9.17) is 4.42 Å². The van der Waals surface area contributed by atoms with Crippen LogP contribution in [0.25, 0.3) is 93.9 Å². The van der Waals surface area contributed by atoms with Gasteiger partial charge in [0.15, 0.2) is 0 Å². The number of anilines is 3. The fourth-order valence-corrected chi connectivity index (χ4v) is 15.4. The molecule has 2 spiro atoms. The van der Waals surface area contributed by atoms with Gasteiger partial charge >= 0.3 is 0 Å². The van der Waals surface area contributed by atoms with Gasteiger partial charge in [-0.2, -0.15) is 0 Å². The van der Waals surface area contributed by atoms with Crippen LogP contribution < -0.4 is 4.90 Å². The maximum Gasteiger partial charge on any atom is 0.135 e. The van der Waals surface area contributed by atoms with Crippen molar-refractivity contribution in [1.82, 2.24) is 4.57 Å². The van der Waals surface area contributed by atoms with Crippen molar-refractivity contribution < 1.29 is 4.42 Å². The molecule has 2 aromatic heterocycles. The van der Waals surface area contributed by atoms with Crippen LogP contribution in [-0.2, 0) is 10.8 Å². The summed E-state index contributed by atoms with van der Waals surface area (Å²) >= 11 is 0. The molecule has 0 saturated carbocycles. The minimum absolute atomic E-state index is 0.476. The third-order valence-corrected chi connectivity index (χ3v) is 18.5. The second-order valence-electron chi connectivity index (χ2n) is 22.4. The van der Waals surface area contributed by atoms with Gasteiger partial charge in [-0.05, 0) is 182 Å². The van der Waals surface area contributed by atoms with E-state index in [0.29, 0.717) is 0 Å². The number of nitrogens with zero attached hydrogens (tertiary/aromatic N) is 2. The van der Waals surface area contributed by atoms with E-state index in [1.165, 1.54) is 122 Å². The quantitative estimate of drug-likeness (QED) is 0.175. The van der Waals surface area contributed by atoms with Crippen molar-refractivity contribution in [2.24, 2.45) is 0 Å². The summed E-state index contributed by atoms with van der Waals surface area (Å²) in [6.45, 7) is 4.48. The van der Waals surface area contributed by atoms with Crippen LogP contribution >= 0.6 is 0 Å². The van der Waals surface area contributed by atoms with Crippen molar-refractivity contribution >= 4 is 60.8 Å². The van der Waals surface area contributed by atoms with Gasteiger partial charge in [0.1, 0.15) is 11.2 Å². The standard InChI is InChI=1S/C76H48N2O/c1-45-27-36-70-59(39-45)61-40-46(2)41-69-74(61)78(70)71-37-30-48(42-68(71)76(69)65-24-12-5-17-54(65)55-18-6-13-25-66(55)76)47-28-31-49(32-29-47)77(50-34-38-73-60(43-50)58-20-8-14-26-72(58)79-73)51-33-35-57-56-19-7-11-23-64(56)75(67(57)44-51)62-21-9-3-15-52(62)53-16-4-10-22-63(53)75/h3-44H,1-2H3. The minimum atomic E-state index is -0.542. The zero-order valence-electron chi connectivity index (χ0n) is 43.6. The zero-order chi connectivity index (χ0) is 51.9. The Bertz CT molecular complexity index is 4900. The Morgan fingerprint density at radius 2 is 0.823 bits per heavy atom. The van der Waals surface area contributed by atoms with Gasteiger partial charge in [0.2, 0.25) is 0 Å². The average Bonchev–Trinajstić information content (AvgIpc) is 4.00. The van der Waals surface area contributed by atoms with Crippen LogP contribution in [0, 0.1) is 13.8 Å². The molecule has 79 heavy (non-hydrogen) atoms. The van der Waals surface area contributed by atoms with E-state index in [9.17, 15) is 0 Å². The maximum absolute atomic E-state index is 6.45. The van der Waals surface area contributed by atoms with Crippen LogP contribution in [0.2, 0.25) is 0 Å². The van der Waals surface area contributed by atoms with Crippen LogP contribution in [0.3, 0.4) is 0 Å². The van der Waals surface area contributed by atoms with Gasteiger partial charge in [-0.15, -0.1) is 0 Å². The monoisotopic (exact) mass is 1000 g/mol. The molecule has 0 radical (unpaired) electrons. The molecule has 3 aliphatic carbocycles. The second kappa shape index (κ2) is 15.4. The molecular weight excluding hydrogens is 957 g/mol. The second-order valence-corrected chi connectivity index (χ2v) is 22.4. The van der Waals surface area contributed by atoms with Crippen molar-refractivity contribution in [2.45, 2.75) is 24.7 Å². The summed E-state index contributed by atoms with van der Waals surface area (Å²) in [5, 5.41) is 4.81. The lowest BCUT2D eigenvalue weighted by Crippen LogP contribution is -2.33. The molecular formula is C76H48N2O. The van der Waals surface area contributed by atoms with Crippen LogP contribution in [0.15, 0.2) is 259 Å². The van der Waals surface area contributed by atoms with Gasteiger partial charge in [-0.1, -0.05) is 187 Å². The minimum Gasteiger partial charge on any atom is -0.456 e. The molecule has 12 aromatic carbocycles. The fraction of sp³-hybridized carbons (Fsp3) is 0.0526. The molecule has 0 bridgehead atoms.